The van der Waals surface area contributed by atoms with Crippen molar-refractivity contribution in [3.63, 3.8) is 0 Å². The summed E-state index contributed by atoms with van der Waals surface area (Å²) in [7, 11) is 0. The van der Waals surface area contributed by atoms with Gasteiger partial charge in [-0.15, -0.1) is 34.5 Å². The summed E-state index contributed by atoms with van der Waals surface area (Å²) in [6.45, 7) is 0.764. The number of aliphatic imine (C=N–C) groups is 1. The third-order valence-corrected chi connectivity index (χ3v) is 11.6. The smallest absolute Gasteiger partial charge is 0.103 e. The standard InChI is InChI=1S/C28H41Cl2N3OS/c29-21-8-3-17(4-9-21)25(34)16-33-24-15-20(7-12-23(24)32-27(33)19-1-2-19)26(28-31-13-14-35-28)18-5-10-22(30)11-6-18/h13-14,17-26,34H,1-12,15-16H2. The van der Waals surface area contributed by atoms with Crippen LogP contribution in [0.1, 0.15) is 94.4 Å². The van der Waals surface area contributed by atoms with Gasteiger partial charge in [-0.2, -0.15) is 0 Å². The molecule has 5 aliphatic rings. The lowest BCUT2D eigenvalue weighted by atomic mass is 9.68. The number of thiazole rings is 1. The van der Waals surface area contributed by atoms with Gasteiger partial charge in [0.2, 0.25) is 0 Å². The van der Waals surface area contributed by atoms with Gasteiger partial charge in [0.25, 0.3) is 0 Å². The lowest BCUT2D eigenvalue weighted by Crippen LogP contribution is -2.49. The molecule has 5 unspecified atom stereocenters. The summed E-state index contributed by atoms with van der Waals surface area (Å²) in [5, 5.41) is 15.5. The van der Waals surface area contributed by atoms with Crippen LogP contribution >= 0.6 is 34.5 Å². The first-order chi connectivity index (χ1) is 17.1. The molecule has 0 amide bonds. The van der Waals surface area contributed by atoms with E-state index >= 15 is 0 Å². The number of fused-ring (bicyclic) bond motifs is 1. The van der Waals surface area contributed by atoms with Crippen molar-refractivity contribution in [3.8, 4) is 0 Å². The molecule has 5 atom stereocenters. The van der Waals surface area contributed by atoms with E-state index in [0.717, 1.165) is 45.1 Å². The number of hydrogen-bond donors (Lipinski definition) is 1. The van der Waals surface area contributed by atoms with Crippen LogP contribution in [0.2, 0.25) is 0 Å². The Morgan fingerprint density at radius 2 is 1.54 bits per heavy atom. The quantitative estimate of drug-likeness (QED) is 0.387. The Kier molecular flexibility index (Phi) is 7.69. The normalized spacial score (nSPS) is 39.7. The maximum Gasteiger partial charge on any atom is 0.103 e. The number of hydrogen-bond acceptors (Lipinski definition) is 5. The topological polar surface area (TPSA) is 48.7 Å². The summed E-state index contributed by atoms with van der Waals surface area (Å²) in [6, 6.07) is 0.873. The molecule has 2 heterocycles. The van der Waals surface area contributed by atoms with E-state index in [9.17, 15) is 5.11 Å². The molecule has 7 heteroatoms. The zero-order chi connectivity index (χ0) is 23.9. The van der Waals surface area contributed by atoms with Crippen LogP contribution in [0.4, 0.5) is 0 Å². The number of amidine groups is 1. The van der Waals surface area contributed by atoms with E-state index in [1.54, 1.807) is 0 Å². The van der Waals surface area contributed by atoms with E-state index in [2.05, 4.69) is 10.3 Å². The highest BCUT2D eigenvalue weighted by Crippen LogP contribution is 2.50. The molecule has 4 saturated carbocycles. The van der Waals surface area contributed by atoms with Crippen molar-refractivity contribution in [2.24, 2.45) is 28.7 Å². The molecule has 0 aromatic carbocycles. The van der Waals surface area contributed by atoms with Crippen molar-refractivity contribution in [1.29, 1.82) is 0 Å². The van der Waals surface area contributed by atoms with Crippen molar-refractivity contribution in [2.45, 2.75) is 118 Å². The fourth-order valence-electron chi connectivity index (χ4n) is 7.74. The van der Waals surface area contributed by atoms with Crippen LogP contribution in [0.15, 0.2) is 16.6 Å². The SMILES string of the molecule is OC(CN1C(C2CC2)=NC2CCC(C(c3nccs3)C3CCC(Cl)CC3)CC21)C1CCC(Cl)CC1. The molecule has 35 heavy (non-hydrogen) atoms. The molecule has 1 aromatic rings. The van der Waals surface area contributed by atoms with E-state index in [1.807, 2.05) is 17.5 Å². The van der Waals surface area contributed by atoms with Gasteiger partial charge in [0, 0.05) is 40.7 Å². The first-order valence-corrected chi connectivity index (χ1v) is 16.0. The number of alkyl halides is 2. The van der Waals surface area contributed by atoms with Gasteiger partial charge in [0.15, 0.2) is 0 Å². The second-order valence-electron chi connectivity index (χ2n) is 12.1. The Morgan fingerprint density at radius 1 is 0.886 bits per heavy atom. The minimum absolute atomic E-state index is 0.268. The van der Waals surface area contributed by atoms with Gasteiger partial charge < -0.3 is 10.0 Å². The molecule has 6 rings (SSSR count). The Balaban J connectivity index is 1.19. The molecule has 4 aliphatic carbocycles. The molecule has 1 N–H and O–H groups in total. The highest BCUT2D eigenvalue weighted by Gasteiger charge is 2.48. The van der Waals surface area contributed by atoms with Crippen LogP contribution in [-0.2, 0) is 0 Å². The largest absolute Gasteiger partial charge is 0.391 e. The number of aliphatic hydroxyl groups excluding tert-OH is 1. The summed E-state index contributed by atoms with van der Waals surface area (Å²) in [4.78, 5) is 12.8. The predicted molar refractivity (Wildman–Crippen MR) is 146 cm³/mol. The molecule has 0 spiro atoms. The van der Waals surface area contributed by atoms with Crippen molar-refractivity contribution >= 4 is 40.4 Å². The molecule has 1 aromatic heterocycles. The van der Waals surface area contributed by atoms with E-state index < -0.39 is 0 Å². The van der Waals surface area contributed by atoms with Crippen LogP contribution in [0.5, 0.6) is 0 Å². The third kappa shape index (κ3) is 5.45. The lowest BCUT2D eigenvalue weighted by molar-refractivity contribution is 0.0470. The van der Waals surface area contributed by atoms with Crippen molar-refractivity contribution < 1.29 is 5.11 Å². The van der Waals surface area contributed by atoms with Gasteiger partial charge >= 0.3 is 0 Å². The molecule has 0 saturated heterocycles. The molecular formula is C28H41Cl2N3OS. The first-order valence-electron chi connectivity index (χ1n) is 14.3. The van der Waals surface area contributed by atoms with Gasteiger partial charge in [-0.25, -0.2) is 4.98 Å². The number of aromatic nitrogens is 1. The second-order valence-corrected chi connectivity index (χ2v) is 14.3. The van der Waals surface area contributed by atoms with Crippen LogP contribution < -0.4 is 0 Å². The Labute approximate surface area is 224 Å². The predicted octanol–water partition coefficient (Wildman–Crippen LogP) is 6.84. The Morgan fingerprint density at radius 3 is 2.17 bits per heavy atom. The Hall–Kier alpha value is -0.360. The van der Waals surface area contributed by atoms with Gasteiger partial charge in [-0.05, 0) is 101 Å². The van der Waals surface area contributed by atoms with E-state index in [0.29, 0.717) is 52.4 Å². The van der Waals surface area contributed by atoms with Gasteiger partial charge in [-0.1, -0.05) is 0 Å². The van der Waals surface area contributed by atoms with Crippen LogP contribution in [0, 0.1) is 23.7 Å². The highest BCUT2D eigenvalue weighted by atomic mass is 35.5. The fourth-order valence-corrected chi connectivity index (χ4v) is 9.17. The molecule has 0 bridgehead atoms. The zero-order valence-corrected chi connectivity index (χ0v) is 23.1. The van der Waals surface area contributed by atoms with E-state index in [-0.39, 0.29) is 6.10 Å². The lowest BCUT2D eigenvalue weighted by Gasteiger charge is -2.43. The Bertz CT molecular complexity index is 862. The number of β-amino-alcohol motifs (C(OH)–C–C–N with tert-alkyl or cyclic N) is 1. The number of aliphatic hydroxyl groups is 1. The van der Waals surface area contributed by atoms with Crippen LogP contribution in [0.3, 0.4) is 0 Å². The monoisotopic (exact) mass is 537 g/mol. The van der Waals surface area contributed by atoms with Crippen molar-refractivity contribution in [3.05, 3.63) is 16.6 Å². The van der Waals surface area contributed by atoms with E-state index in [4.69, 9.17) is 33.2 Å². The maximum atomic E-state index is 11.3. The average Bonchev–Trinajstić information content (AvgIpc) is 3.45. The maximum absolute atomic E-state index is 11.3. The number of rotatable bonds is 7. The van der Waals surface area contributed by atoms with Gasteiger partial charge in [0.1, 0.15) is 5.84 Å². The highest BCUT2D eigenvalue weighted by molar-refractivity contribution is 7.09. The summed E-state index contributed by atoms with van der Waals surface area (Å²) in [6.07, 6.45) is 16.9. The molecule has 1 aliphatic heterocycles. The molecule has 4 fully saturated rings. The summed E-state index contributed by atoms with van der Waals surface area (Å²) < 4.78 is 0. The average molecular weight is 539 g/mol. The number of nitrogens with zero attached hydrogens (tertiary/aromatic N) is 3. The minimum Gasteiger partial charge on any atom is -0.391 e. The second kappa shape index (κ2) is 10.8. The molecule has 0 radical (unpaired) electrons. The van der Waals surface area contributed by atoms with Crippen LogP contribution in [0.25, 0.3) is 0 Å². The molecule has 194 valence electrons. The summed E-state index contributed by atoms with van der Waals surface area (Å²) in [5.41, 5.74) is 0. The van der Waals surface area contributed by atoms with E-state index in [1.165, 1.54) is 55.8 Å². The van der Waals surface area contributed by atoms with Crippen molar-refractivity contribution in [2.75, 3.05) is 6.54 Å². The fraction of sp³-hybridized carbons (Fsp3) is 0.857. The first kappa shape index (κ1) is 24.9. The van der Waals surface area contributed by atoms with Crippen molar-refractivity contribution in [1.82, 2.24) is 9.88 Å². The minimum atomic E-state index is -0.268. The summed E-state index contributed by atoms with van der Waals surface area (Å²) in [5.74, 6) is 4.26. The van der Waals surface area contributed by atoms with Gasteiger partial charge in [0.05, 0.1) is 23.2 Å². The van der Waals surface area contributed by atoms with Gasteiger partial charge in [-0.3, -0.25) is 4.99 Å². The third-order valence-electron chi connectivity index (χ3n) is 9.84. The number of halogens is 2. The summed E-state index contributed by atoms with van der Waals surface area (Å²) >= 11 is 14.7. The molecule has 4 nitrogen and oxygen atoms in total. The zero-order valence-electron chi connectivity index (χ0n) is 20.8. The van der Waals surface area contributed by atoms with Crippen LogP contribution in [-0.4, -0.2) is 56.3 Å². The molecular weight excluding hydrogens is 497 g/mol.